The lowest BCUT2D eigenvalue weighted by Crippen LogP contribution is -2.34. The molecule has 2 fully saturated rings. The van der Waals surface area contributed by atoms with Crippen LogP contribution in [-0.2, 0) is 4.74 Å². The molecule has 0 saturated heterocycles. The molecule has 0 amide bonds. The Morgan fingerprint density at radius 3 is 2.56 bits per heavy atom. The molecule has 0 aromatic heterocycles. The summed E-state index contributed by atoms with van der Waals surface area (Å²) < 4.78 is 6.14. The van der Waals surface area contributed by atoms with Crippen LogP contribution in [0.3, 0.4) is 0 Å². The van der Waals surface area contributed by atoms with Gasteiger partial charge in [0.2, 0.25) is 0 Å². The zero-order valence-electron chi connectivity index (χ0n) is 10.5. The van der Waals surface area contributed by atoms with Gasteiger partial charge in [-0.05, 0) is 31.6 Å². The smallest absolute Gasteiger partial charge is 0.0837 e. The minimum atomic E-state index is -0.209. The van der Waals surface area contributed by atoms with Crippen molar-refractivity contribution in [2.45, 2.75) is 83.0 Å². The quantitative estimate of drug-likeness (QED) is 0.732. The summed E-state index contributed by atoms with van der Waals surface area (Å²) in [5, 5.41) is 10.0. The van der Waals surface area contributed by atoms with Gasteiger partial charge in [-0.3, -0.25) is 0 Å². The van der Waals surface area contributed by atoms with E-state index < -0.39 is 0 Å². The molecule has 2 aliphatic carbocycles. The third-order valence-electron chi connectivity index (χ3n) is 4.17. The summed E-state index contributed by atoms with van der Waals surface area (Å²) in [5.41, 5.74) is 0. The summed E-state index contributed by atoms with van der Waals surface area (Å²) >= 11 is 0. The van der Waals surface area contributed by atoms with Gasteiger partial charge in [0, 0.05) is 0 Å². The van der Waals surface area contributed by atoms with E-state index in [0.29, 0.717) is 6.10 Å². The van der Waals surface area contributed by atoms with Gasteiger partial charge in [-0.2, -0.15) is 0 Å². The van der Waals surface area contributed by atoms with Crippen molar-refractivity contribution >= 4 is 0 Å². The Morgan fingerprint density at radius 1 is 0.938 bits per heavy atom. The number of rotatable bonds is 2. The van der Waals surface area contributed by atoms with Gasteiger partial charge in [0.25, 0.3) is 0 Å². The molecule has 2 aliphatic rings. The van der Waals surface area contributed by atoms with Crippen LogP contribution in [0.25, 0.3) is 0 Å². The molecule has 1 N–H and O–H groups in total. The molecule has 0 bridgehead atoms. The lowest BCUT2D eigenvalue weighted by Gasteiger charge is -2.32. The van der Waals surface area contributed by atoms with E-state index in [4.69, 9.17) is 4.74 Å². The van der Waals surface area contributed by atoms with Gasteiger partial charge in [0.05, 0.1) is 18.3 Å². The molecule has 94 valence electrons. The predicted octanol–water partition coefficient (Wildman–Crippen LogP) is 3.28. The van der Waals surface area contributed by atoms with Crippen LogP contribution in [0.4, 0.5) is 0 Å². The third kappa shape index (κ3) is 3.46. The van der Waals surface area contributed by atoms with E-state index in [9.17, 15) is 5.11 Å². The van der Waals surface area contributed by atoms with Crippen LogP contribution in [0, 0.1) is 5.92 Å². The van der Waals surface area contributed by atoms with Crippen molar-refractivity contribution < 1.29 is 9.84 Å². The monoisotopic (exact) mass is 226 g/mol. The summed E-state index contributed by atoms with van der Waals surface area (Å²) in [6.07, 6.45) is 11.0. The van der Waals surface area contributed by atoms with Gasteiger partial charge in [-0.15, -0.1) is 0 Å². The second kappa shape index (κ2) is 6.02. The first-order valence-electron chi connectivity index (χ1n) is 7.09. The maximum Gasteiger partial charge on any atom is 0.0837 e. The van der Waals surface area contributed by atoms with Crippen LogP contribution >= 0.6 is 0 Å². The normalized spacial score (nSPS) is 41.6. The molecule has 0 heterocycles. The highest BCUT2D eigenvalue weighted by Gasteiger charge is 2.27. The van der Waals surface area contributed by atoms with Gasteiger partial charge >= 0.3 is 0 Å². The number of hydrogen-bond acceptors (Lipinski definition) is 2. The highest BCUT2D eigenvalue weighted by Crippen LogP contribution is 2.29. The number of hydrogen-bond donors (Lipinski definition) is 1. The molecule has 0 radical (unpaired) electrons. The zero-order valence-corrected chi connectivity index (χ0v) is 10.5. The van der Waals surface area contributed by atoms with E-state index in [1.807, 2.05) is 0 Å². The van der Waals surface area contributed by atoms with Crippen molar-refractivity contribution in [3.8, 4) is 0 Å². The first-order valence-corrected chi connectivity index (χ1v) is 7.09. The molecule has 0 aromatic rings. The summed E-state index contributed by atoms with van der Waals surface area (Å²) in [6, 6.07) is 0. The Balaban J connectivity index is 1.82. The summed E-state index contributed by atoms with van der Waals surface area (Å²) in [4.78, 5) is 0. The average molecular weight is 226 g/mol. The second-order valence-electron chi connectivity index (χ2n) is 5.77. The summed E-state index contributed by atoms with van der Waals surface area (Å²) in [5.74, 6) is 0.807. The first kappa shape index (κ1) is 12.4. The molecule has 2 heteroatoms. The van der Waals surface area contributed by atoms with Crippen LogP contribution in [0.1, 0.15) is 64.7 Å². The van der Waals surface area contributed by atoms with Crippen molar-refractivity contribution in [3.63, 3.8) is 0 Å². The number of aliphatic hydroxyl groups is 1. The molecule has 2 rings (SSSR count). The van der Waals surface area contributed by atoms with E-state index >= 15 is 0 Å². The lowest BCUT2D eigenvalue weighted by atomic mass is 9.88. The Hall–Kier alpha value is -0.0800. The molecule has 4 unspecified atom stereocenters. The molecule has 0 aliphatic heterocycles. The Labute approximate surface area is 99.4 Å². The van der Waals surface area contributed by atoms with Gasteiger partial charge in [-0.25, -0.2) is 0 Å². The Morgan fingerprint density at radius 2 is 1.75 bits per heavy atom. The second-order valence-corrected chi connectivity index (χ2v) is 5.77. The maximum absolute atomic E-state index is 10.0. The highest BCUT2D eigenvalue weighted by atomic mass is 16.5. The Kier molecular flexibility index (Phi) is 4.66. The van der Waals surface area contributed by atoms with Crippen molar-refractivity contribution in [3.05, 3.63) is 0 Å². The van der Waals surface area contributed by atoms with Gasteiger partial charge in [-0.1, -0.05) is 39.0 Å². The van der Waals surface area contributed by atoms with E-state index in [1.165, 1.54) is 44.9 Å². The predicted molar refractivity (Wildman–Crippen MR) is 65.4 cm³/mol. The van der Waals surface area contributed by atoms with Gasteiger partial charge in [0.1, 0.15) is 0 Å². The van der Waals surface area contributed by atoms with Crippen LogP contribution in [0.15, 0.2) is 0 Å². The lowest BCUT2D eigenvalue weighted by molar-refractivity contribution is -0.0941. The molecule has 0 spiro atoms. The van der Waals surface area contributed by atoms with E-state index in [0.717, 1.165) is 18.8 Å². The fourth-order valence-corrected chi connectivity index (χ4v) is 3.16. The molecule has 4 atom stereocenters. The van der Waals surface area contributed by atoms with Gasteiger partial charge < -0.3 is 9.84 Å². The standard InChI is InChI=1S/C14H26O2/c1-11-6-5-7-12(10-11)16-14-9-4-2-3-8-13(14)15/h11-15H,2-10H2,1H3. The first-order chi connectivity index (χ1) is 7.75. The van der Waals surface area contributed by atoms with Gasteiger partial charge in [0.15, 0.2) is 0 Å². The van der Waals surface area contributed by atoms with Crippen LogP contribution in [0.2, 0.25) is 0 Å². The fraction of sp³-hybridized carbons (Fsp3) is 1.00. The van der Waals surface area contributed by atoms with E-state index in [2.05, 4.69) is 6.92 Å². The Bertz CT molecular complexity index is 205. The van der Waals surface area contributed by atoms with Crippen LogP contribution < -0.4 is 0 Å². The maximum atomic E-state index is 10.0. The van der Waals surface area contributed by atoms with Crippen molar-refractivity contribution in [1.29, 1.82) is 0 Å². The number of aliphatic hydroxyl groups excluding tert-OH is 1. The molecular formula is C14H26O2. The number of ether oxygens (including phenoxy) is 1. The third-order valence-corrected chi connectivity index (χ3v) is 4.17. The van der Waals surface area contributed by atoms with Crippen molar-refractivity contribution in [2.75, 3.05) is 0 Å². The fourth-order valence-electron chi connectivity index (χ4n) is 3.16. The molecule has 0 aromatic carbocycles. The zero-order chi connectivity index (χ0) is 11.4. The topological polar surface area (TPSA) is 29.5 Å². The molecular weight excluding hydrogens is 200 g/mol. The minimum absolute atomic E-state index is 0.123. The van der Waals surface area contributed by atoms with Crippen molar-refractivity contribution in [1.82, 2.24) is 0 Å². The SMILES string of the molecule is CC1CCCC(OC2CCCCCC2O)C1. The molecule has 16 heavy (non-hydrogen) atoms. The summed E-state index contributed by atoms with van der Waals surface area (Å²) in [7, 11) is 0. The minimum Gasteiger partial charge on any atom is -0.390 e. The van der Waals surface area contributed by atoms with E-state index in [1.54, 1.807) is 0 Å². The molecule has 2 nitrogen and oxygen atoms in total. The van der Waals surface area contributed by atoms with Crippen LogP contribution in [-0.4, -0.2) is 23.4 Å². The molecule has 2 saturated carbocycles. The average Bonchev–Trinajstić information content (AvgIpc) is 2.45. The largest absolute Gasteiger partial charge is 0.390 e. The van der Waals surface area contributed by atoms with Crippen molar-refractivity contribution in [2.24, 2.45) is 5.92 Å². The highest BCUT2D eigenvalue weighted by molar-refractivity contribution is 4.77. The van der Waals surface area contributed by atoms with E-state index in [-0.39, 0.29) is 12.2 Å². The summed E-state index contributed by atoms with van der Waals surface area (Å²) in [6.45, 7) is 2.32. The van der Waals surface area contributed by atoms with Crippen LogP contribution in [0.5, 0.6) is 0 Å².